The molecule has 0 saturated carbocycles. The molecule has 0 fully saturated rings. The zero-order valence-electron chi connectivity index (χ0n) is 64.9. The van der Waals surface area contributed by atoms with Gasteiger partial charge in [0.15, 0.2) is 12.2 Å². The van der Waals surface area contributed by atoms with Crippen molar-refractivity contribution in [3.63, 3.8) is 0 Å². The van der Waals surface area contributed by atoms with E-state index in [1.807, 2.05) is 18.2 Å². The van der Waals surface area contributed by atoms with Gasteiger partial charge in [0.2, 0.25) is 0 Å². The van der Waals surface area contributed by atoms with Crippen LogP contribution in [0.3, 0.4) is 0 Å². The highest BCUT2D eigenvalue weighted by atomic mass is 31.2. The third kappa shape index (κ3) is 75.2. The van der Waals surface area contributed by atoms with Crippen molar-refractivity contribution in [1.29, 1.82) is 0 Å². The molecule has 19 heteroatoms. The third-order valence-corrected chi connectivity index (χ3v) is 18.2. The maximum Gasteiger partial charge on any atom is 0.472 e. The molecule has 0 aromatic rings. The Morgan fingerprint density at radius 1 is 0.279 bits per heavy atom. The van der Waals surface area contributed by atoms with E-state index in [-0.39, 0.29) is 25.7 Å². The van der Waals surface area contributed by atoms with Gasteiger partial charge in [0.1, 0.15) is 19.3 Å². The second-order valence-corrected chi connectivity index (χ2v) is 29.1. The first kappa shape index (κ1) is 98.9. The molecule has 594 valence electrons. The van der Waals surface area contributed by atoms with E-state index >= 15 is 0 Å². The molecule has 0 rings (SSSR count). The summed E-state index contributed by atoms with van der Waals surface area (Å²) in [5.74, 6) is -2.29. The summed E-state index contributed by atoms with van der Waals surface area (Å²) in [6.07, 6.45) is 87.0. The quantitative estimate of drug-likeness (QED) is 0.0169. The normalized spacial score (nSPS) is 14.6. The number of rotatable bonds is 74. The van der Waals surface area contributed by atoms with Gasteiger partial charge in [-0.15, -0.1) is 0 Å². The van der Waals surface area contributed by atoms with Crippen LogP contribution in [0.25, 0.3) is 0 Å². The molecule has 3 N–H and O–H groups in total. The van der Waals surface area contributed by atoms with Crippen molar-refractivity contribution in [2.45, 2.75) is 329 Å². The van der Waals surface area contributed by atoms with Crippen molar-refractivity contribution < 1.29 is 80.2 Å². The van der Waals surface area contributed by atoms with Gasteiger partial charge < -0.3 is 33.8 Å². The van der Waals surface area contributed by atoms with Crippen molar-refractivity contribution >= 4 is 39.5 Å². The van der Waals surface area contributed by atoms with Gasteiger partial charge in [-0.25, -0.2) is 9.13 Å². The fourth-order valence-corrected chi connectivity index (χ4v) is 11.9. The maximum atomic E-state index is 13.1. The van der Waals surface area contributed by atoms with Crippen LogP contribution in [0, 0.1) is 0 Å². The Bertz CT molecular complexity index is 2540. The second kappa shape index (κ2) is 76.1. The number of unbranched alkanes of at least 4 members (excludes halogenated alkanes) is 24. The zero-order valence-corrected chi connectivity index (χ0v) is 66.7. The first-order valence-corrected chi connectivity index (χ1v) is 43.1. The molecule has 0 heterocycles. The summed E-state index contributed by atoms with van der Waals surface area (Å²) in [6.45, 7) is 4.44. The van der Waals surface area contributed by atoms with Crippen molar-refractivity contribution in [3.05, 3.63) is 146 Å². The van der Waals surface area contributed by atoms with Crippen LogP contribution in [0.2, 0.25) is 0 Å². The van der Waals surface area contributed by atoms with E-state index in [2.05, 4.69) is 155 Å². The lowest BCUT2D eigenvalue weighted by atomic mass is 10.1. The van der Waals surface area contributed by atoms with Gasteiger partial charge in [-0.05, 0) is 128 Å². The summed E-state index contributed by atoms with van der Waals surface area (Å²) in [7, 11) is -9.98. The minimum Gasteiger partial charge on any atom is -0.462 e. The Kier molecular flexibility index (Phi) is 72.4. The summed E-state index contributed by atoms with van der Waals surface area (Å²) in [5, 5.41) is 10.6. The van der Waals surface area contributed by atoms with Gasteiger partial charge in [-0.3, -0.25) is 37.3 Å². The smallest absolute Gasteiger partial charge is 0.462 e. The van der Waals surface area contributed by atoms with Crippen LogP contribution in [0.5, 0.6) is 0 Å². The van der Waals surface area contributed by atoms with Crippen molar-refractivity contribution in [2.24, 2.45) is 0 Å². The monoisotopic (exact) mass is 1500 g/mol. The Labute approximate surface area is 630 Å². The first-order valence-electron chi connectivity index (χ1n) is 40.1. The van der Waals surface area contributed by atoms with Gasteiger partial charge in [-0.2, -0.15) is 0 Å². The molecule has 104 heavy (non-hydrogen) atoms. The van der Waals surface area contributed by atoms with Gasteiger partial charge in [0.25, 0.3) is 0 Å². The minimum absolute atomic E-state index is 0.0347. The first-order chi connectivity index (χ1) is 50.7. The van der Waals surface area contributed by atoms with E-state index in [9.17, 15) is 43.2 Å². The van der Waals surface area contributed by atoms with Gasteiger partial charge in [0, 0.05) is 25.7 Å². The molecule has 0 aliphatic rings. The number of phosphoric ester groups is 2. The predicted octanol–water partition coefficient (Wildman–Crippen LogP) is 23.4. The van der Waals surface area contributed by atoms with Gasteiger partial charge in [0.05, 0.1) is 26.4 Å². The molecule has 0 aromatic heterocycles. The topological polar surface area (TPSA) is 237 Å². The second-order valence-electron chi connectivity index (χ2n) is 26.2. The van der Waals surface area contributed by atoms with Gasteiger partial charge in [-0.1, -0.05) is 302 Å². The van der Waals surface area contributed by atoms with E-state index in [4.69, 9.17) is 37.0 Å². The van der Waals surface area contributed by atoms with Crippen LogP contribution in [0.1, 0.15) is 310 Å². The standard InChI is InChI=1S/C85H142O17P2/c1-5-9-13-17-21-25-29-32-35-38-39-42-44-47-51-54-58-62-66-70-82(87)95-75-80(101-84(89)71-67-63-59-55-49-28-24-20-16-12-8-4)77-99-103(91,92)97-73-79(86)74-98-104(93,94)100-78-81(102-85(90)72-68-64-60-56-52-48-45-41-37-34-31-27-23-19-15-11-7-3)76-96-83(88)69-65-61-57-53-50-46-43-40-36-33-30-26-22-18-14-10-6-2/h9-11,13-15,21-23,25-27,32-37,39,42,47,51,58,62,79-81,86H,5-8,12,16-20,24,28-31,38,40-41,43-46,48-50,52-57,59-61,63-78H2,1-4H3,(H,91,92)(H,93,94)/b13-9-,14-10-,15-11-,25-21-,26-22-,27-23-,35-32-,36-33-,37-34-,42-39-,51-47-,62-58-. The number of hydrogen-bond acceptors (Lipinski definition) is 15. The highest BCUT2D eigenvalue weighted by Gasteiger charge is 2.30. The number of aliphatic hydroxyl groups excluding tert-OH is 1. The molecule has 0 aromatic carbocycles. The lowest BCUT2D eigenvalue weighted by Crippen LogP contribution is -2.30. The highest BCUT2D eigenvalue weighted by molar-refractivity contribution is 7.47. The zero-order chi connectivity index (χ0) is 76.0. The Morgan fingerprint density at radius 3 is 0.827 bits per heavy atom. The van der Waals surface area contributed by atoms with E-state index in [0.717, 1.165) is 186 Å². The van der Waals surface area contributed by atoms with Crippen LogP contribution in [-0.2, 0) is 65.4 Å². The number of hydrogen-bond donors (Lipinski definition) is 3. The number of carbonyl (C=O) groups excluding carboxylic acids is 4. The molecular formula is C85H142O17P2. The molecule has 0 bridgehead atoms. The SMILES string of the molecule is CC/C=C\C/C=C\C/C=C\C/C=C\C/C=C\C/C=C\CCC(=O)OCC(COP(=O)(O)OCC(O)COP(=O)(O)OCC(COC(=O)CCCCCCCCC/C=C\C/C=C\C/C=C\CC)OC(=O)CCCCCCCCC/C=C\C/C=C\C/C=C\CC)OC(=O)CCCCCCCCCCCCC. The fraction of sp³-hybridized carbons (Fsp3) is 0.671. The van der Waals surface area contributed by atoms with Crippen LogP contribution in [0.4, 0.5) is 0 Å². The van der Waals surface area contributed by atoms with E-state index in [0.29, 0.717) is 32.1 Å². The minimum atomic E-state index is -4.99. The molecule has 0 aliphatic heterocycles. The van der Waals surface area contributed by atoms with Crippen molar-refractivity contribution in [3.8, 4) is 0 Å². The van der Waals surface area contributed by atoms with Crippen LogP contribution < -0.4 is 0 Å². The van der Waals surface area contributed by atoms with Crippen LogP contribution in [-0.4, -0.2) is 96.7 Å². The molecule has 0 saturated heterocycles. The number of carbonyl (C=O) groups is 4. The van der Waals surface area contributed by atoms with Crippen LogP contribution >= 0.6 is 15.6 Å². The summed E-state index contributed by atoms with van der Waals surface area (Å²) in [6, 6.07) is 0. The van der Waals surface area contributed by atoms with Crippen molar-refractivity contribution in [2.75, 3.05) is 39.6 Å². The Morgan fingerprint density at radius 2 is 0.519 bits per heavy atom. The Hall–Kier alpha value is -5.06. The summed E-state index contributed by atoms with van der Waals surface area (Å²) < 4.78 is 68.5. The molecule has 0 amide bonds. The van der Waals surface area contributed by atoms with Crippen LogP contribution in [0.15, 0.2) is 146 Å². The summed E-state index contributed by atoms with van der Waals surface area (Å²) >= 11 is 0. The number of esters is 4. The lowest BCUT2D eigenvalue weighted by Gasteiger charge is -2.21. The van der Waals surface area contributed by atoms with Crippen molar-refractivity contribution in [1.82, 2.24) is 0 Å². The predicted molar refractivity (Wildman–Crippen MR) is 427 cm³/mol. The lowest BCUT2D eigenvalue weighted by molar-refractivity contribution is -0.161. The average Bonchev–Trinajstić information content (AvgIpc) is 0.931. The number of ether oxygens (including phenoxy) is 4. The summed E-state index contributed by atoms with van der Waals surface area (Å²) in [4.78, 5) is 73.0. The van der Waals surface area contributed by atoms with E-state index < -0.39 is 97.5 Å². The number of phosphoric acid groups is 2. The molecule has 0 radical (unpaired) electrons. The Balaban J connectivity index is 5.40. The largest absolute Gasteiger partial charge is 0.472 e. The summed E-state index contributed by atoms with van der Waals surface area (Å²) in [5.41, 5.74) is 0. The van der Waals surface area contributed by atoms with E-state index in [1.54, 1.807) is 0 Å². The molecular weight excluding hydrogens is 1350 g/mol. The molecule has 5 unspecified atom stereocenters. The number of allylic oxidation sites excluding steroid dienone is 24. The molecule has 5 atom stereocenters. The van der Waals surface area contributed by atoms with Gasteiger partial charge >= 0.3 is 39.5 Å². The average molecular weight is 1500 g/mol. The van der Waals surface area contributed by atoms with E-state index in [1.165, 1.54) is 38.5 Å². The molecule has 0 aliphatic carbocycles. The number of aliphatic hydroxyl groups is 1. The highest BCUT2D eigenvalue weighted by Crippen LogP contribution is 2.45. The third-order valence-electron chi connectivity index (χ3n) is 16.3. The fourth-order valence-electron chi connectivity index (χ4n) is 10.3. The molecule has 0 spiro atoms. The maximum absolute atomic E-state index is 13.1. The molecule has 17 nitrogen and oxygen atoms in total.